The van der Waals surface area contributed by atoms with Crippen LogP contribution in [0.1, 0.15) is 25.6 Å². The molecule has 0 unspecified atom stereocenters. The summed E-state index contributed by atoms with van der Waals surface area (Å²) in [5, 5.41) is 6.70. The summed E-state index contributed by atoms with van der Waals surface area (Å²) in [4.78, 5) is 4.09. The van der Waals surface area contributed by atoms with Crippen molar-refractivity contribution in [2.75, 3.05) is 19.8 Å². The fourth-order valence-electron chi connectivity index (χ4n) is 0.995. The Balaban J connectivity index is 2.94. The first-order chi connectivity index (χ1) is 7.29. The molecule has 1 aromatic heterocycles. The molecule has 0 aliphatic carbocycles. The molecule has 0 saturated carbocycles. The van der Waals surface area contributed by atoms with E-state index in [1.54, 1.807) is 13.8 Å². The van der Waals surface area contributed by atoms with Crippen LogP contribution in [-0.2, 0) is 21.0 Å². The largest absolute Gasteiger partial charge is 0.338 e. The van der Waals surface area contributed by atoms with Gasteiger partial charge in [0.15, 0.2) is 15.7 Å². The van der Waals surface area contributed by atoms with Crippen LogP contribution in [-0.4, -0.2) is 38.4 Å². The van der Waals surface area contributed by atoms with Crippen LogP contribution in [0.15, 0.2) is 4.52 Å². The van der Waals surface area contributed by atoms with Crippen LogP contribution in [0, 0.1) is 0 Å². The number of likely N-dealkylation sites (N-methyl/N-ethyl adjacent to an activating group) is 1. The van der Waals surface area contributed by atoms with E-state index in [0.29, 0.717) is 12.2 Å². The lowest BCUT2D eigenvalue weighted by atomic mass is 10.2. The molecule has 92 valence electrons. The molecule has 0 radical (unpaired) electrons. The van der Waals surface area contributed by atoms with Crippen LogP contribution in [0.5, 0.6) is 0 Å². The van der Waals surface area contributed by atoms with Gasteiger partial charge in [-0.3, -0.25) is 0 Å². The van der Waals surface area contributed by atoms with E-state index in [1.807, 2.05) is 7.05 Å². The van der Waals surface area contributed by atoms with Crippen molar-refractivity contribution in [1.29, 1.82) is 0 Å². The highest BCUT2D eigenvalue weighted by atomic mass is 32.2. The van der Waals surface area contributed by atoms with Crippen LogP contribution in [0.2, 0.25) is 0 Å². The molecule has 0 amide bonds. The van der Waals surface area contributed by atoms with Gasteiger partial charge in [-0.15, -0.1) is 0 Å². The maximum absolute atomic E-state index is 11.5. The highest BCUT2D eigenvalue weighted by molar-refractivity contribution is 7.91. The number of hydrogen-bond donors (Lipinski definition) is 1. The molecule has 1 N–H and O–H groups in total. The second kappa shape index (κ2) is 4.50. The van der Waals surface area contributed by atoms with Crippen LogP contribution in [0.3, 0.4) is 0 Å². The number of nitrogens with zero attached hydrogens (tertiary/aromatic N) is 2. The van der Waals surface area contributed by atoms with Gasteiger partial charge in [-0.1, -0.05) is 5.16 Å². The smallest absolute Gasteiger partial charge is 0.247 e. The molecule has 0 atom stereocenters. The van der Waals surface area contributed by atoms with Gasteiger partial charge >= 0.3 is 0 Å². The lowest BCUT2D eigenvalue weighted by Gasteiger charge is -2.16. The summed E-state index contributed by atoms with van der Waals surface area (Å²) in [5.41, 5.74) is 0. The average molecular weight is 247 g/mol. The molecule has 1 heterocycles. The lowest BCUT2D eigenvalue weighted by Crippen LogP contribution is -2.28. The Labute approximate surface area is 95.3 Å². The molecule has 6 nitrogen and oxygen atoms in total. The molecule has 0 aromatic carbocycles. The number of hydrogen-bond acceptors (Lipinski definition) is 6. The zero-order valence-electron chi connectivity index (χ0n) is 9.94. The maximum atomic E-state index is 11.5. The zero-order chi connectivity index (χ0) is 12.4. The van der Waals surface area contributed by atoms with Crippen LogP contribution in [0.25, 0.3) is 0 Å². The summed E-state index contributed by atoms with van der Waals surface area (Å²) < 4.78 is 26.9. The van der Waals surface area contributed by atoms with E-state index in [2.05, 4.69) is 15.5 Å². The van der Waals surface area contributed by atoms with Crippen molar-refractivity contribution < 1.29 is 12.9 Å². The number of rotatable bonds is 5. The topological polar surface area (TPSA) is 85.1 Å². The highest BCUT2D eigenvalue weighted by Gasteiger charge is 2.38. The third kappa shape index (κ3) is 2.59. The molecule has 16 heavy (non-hydrogen) atoms. The molecule has 0 aliphatic rings. The predicted octanol–water partition coefficient (Wildman–Crippen LogP) is 0.111. The van der Waals surface area contributed by atoms with Gasteiger partial charge in [0, 0.05) is 19.2 Å². The van der Waals surface area contributed by atoms with Crippen molar-refractivity contribution >= 4 is 9.84 Å². The monoisotopic (exact) mass is 247 g/mol. The summed E-state index contributed by atoms with van der Waals surface area (Å²) in [6, 6.07) is 0. The summed E-state index contributed by atoms with van der Waals surface area (Å²) in [7, 11) is -1.45. The van der Waals surface area contributed by atoms with Crippen LogP contribution >= 0.6 is 0 Å². The normalized spacial score (nSPS) is 13.0. The van der Waals surface area contributed by atoms with E-state index in [9.17, 15) is 8.42 Å². The second-order valence-electron chi connectivity index (χ2n) is 4.15. The quantitative estimate of drug-likeness (QED) is 0.795. The zero-order valence-corrected chi connectivity index (χ0v) is 10.8. The Bertz CT molecular complexity index is 450. The fraction of sp³-hybridized carbons (Fsp3) is 0.778. The number of aromatic nitrogens is 2. The summed E-state index contributed by atoms with van der Waals surface area (Å²) in [5.74, 6) is 0.655. The van der Waals surface area contributed by atoms with E-state index < -0.39 is 14.6 Å². The summed E-state index contributed by atoms with van der Waals surface area (Å²) >= 11 is 0. The Morgan fingerprint density at radius 3 is 2.56 bits per heavy atom. The molecule has 1 aromatic rings. The highest BCUT2D eigenvalue weighted by Crippen LogP contribution is 2.27. The number of sulfone groups is 1. The Morgan fingerprint density at radius 1 is 1.44 bits per heavy atom. The van der Waals surface area contributed by atoms with Crippen molar-refractivity contribution in [3.05, 3.63) is 11.7 Å². The molecule has 1 rings (SSSR count). The Morgan fingerprint density at radius 2 is 2.06 bits per heavy atom. The summed E-state index contributed by atoms with van der Waals surface area (Å²) in [6.07, 6.45) is 1.77. The summed E-state index contributed by atoms with van der Waals surface area (Å²) in [6.45, 7) is 3.83. The third-order valence-corrected chi connectivity index (χ3v) is 4.54. The van der Waals surface area contributed by atoms with Crippen LogP contribution in [0.4, 0.5) is 0 Å². The Kier molecular flexibility index (Phi) is 3.69. The minimum Gasteiger partial charge on any atom is -0.338 e. The minimum absolute atomic E-state index is 0.140. The number of nitrogens with one attached hydrogen (secondary N) is 1. The van der Waals surface area contributed by atoms with Crippen LogP contribution < -0.4 is 5.32 Å². The molecular formula is C9H17N3O3S. The fourth-order valence-corrected chi connectivity index (χ4v) is 1.40. The van der Waals surface area contributed by atoms with Gasteiger partial charge in [0.2, 0.25) is 5.89 Å². The SMILES string of the molecule is CNCCc1noc(C(C)(C)S(C)(=O)=O)n1. The van der Waals surface area contributed by atoms with Crippen molar-refractivity contribution in [1.82, 2.24) is 15.5 Å². The average Bonchev–Trinajstić information content (AvgIpc) is 2.61. The van der Waals surface area contributed by atoms with E-state index in [1.165, 1.54) is 0 Å². The molecule has 0 aliphatic heterocycles. The third-order valence-electron chi connectivity index (χ3n) is 2.51. The van der Waals surface area contributed by atoms with Gasteiger partial charge in [0.05, 0.1) is 0 Å². The minimum atomic E-state index is -3.27. The maximum Gasteiger partial charge on any atom is 0.247 e. The lowest BCUT2D eigenvalue weighted by molar-refractivity contribution is 0.344. The van der Waals surface area contributed by atoms with Gasteiger partial charge in [-0.2, -0.15) is 4.98 Å². The first-order valence-corrected chi connectivity index (χ1v) is 6.85. The van der Waals surface area contributed by atoms with Crippen molar-refractivity contribution in [2.45, 2.75) is 25.0 Å². The van der Waals surface area contributed by atoms with Crippen molar-refractivity contribution in [3.8, 4) is 0 Å². The predicted molar refractivity (Wildman–Crippen MR) is 59.8 cm³/mol. The van der Waals surface area contributed by atoms with Gasteiger partial charge in [0.25, 0.3) is 0 Å². The van der Waals surface area contributed by atoms with Gasteiger partial charge in [-0.25, -0.2) is 8.42 Å². The van der Waals surface area contributed by atoms with Crippen molar-refractivity contribution in [3.63, 3.8) is 0 Å². The van der Waals surface area contributed by atoms with Gasteiger partial charge in [-0.05, 0) is 20.9 Å². The molecule has 0 bridgehead atoms. The van der Waals surface area contributed by atoms with E-state index in [0.717, 1.165) is 12.8 Å². The second-order valence-corrected chi connectivity index (χ2v) is 6.72. The standard InChI is InChI=1S/C9H17N3O3S/c1-9(2,16(4,13)14)8-11-7(12-15-8)5-6-10-3/h10H,5-6H2,1-4H3. The van der Waals surface area contributed by atoms with E-state index in [-0.39, 0.29) is 5.89 Å². The first-order valence-electron chi connectivity index (χ1n) is 4.96. The van der Waals surface area contributed by atoms with E-state index in [4.69, 9.17) is 4.52 Å². The first kappa shape index (κ1) is 13.1. The Hall–Kier alpha value is -0.950. The van der Waals surface area contributed by atoms with Gasteiger partial charge < -0.3 is 9.84 Å². The molecule has 0 fully saturated rings. The molecular weight excluding hydrogens is 230 g/mol. The van der Waals surface area contributed by atoms with Gasteiger partial charge in [0.1, 0.15) is 4.75 Å². The van der Waals surface area contributed by atoms with E-state index >= 15 is 0 Å². The molecule has 0 spiro atoms. The molecule has 0 saturated heterocycles. The van der Waals surface area contributed by atoms with Crippen molar-refractivity contribution in [2.24, 2.45) is 0 Å². The molecule has 7 heteroatoms.